The number of amides is 3. The van der Waals surface area contributed by atoms with Gasteiger partial charge in [-0.2, -0.15) is 0 Å². The van der Waals surface area contributed by atoms with E-state index >= 15 is 0 Å². The van der Waals surface area contributed by atoms with Crippen molar-refractivity contribution in [3.05, 3.63) is 104 Å². The SMILES string of the molecule is O=C1CC(N(Cc2ccccc2Cl)C(=O)c2ccc([N+](=O)[O-])cc2)C(=O)N1c1ccc(Cl)cc1. The number of nitrogens with zero attached hydrogens (tertiary/aromatic N) is 3. The molecule has 10 heteroatoms. The van der Waals surface area contributed by atoms with Gasteiger partial charge in [-0.1, -0.05) is 41.4 Å². The average molecular weight is 498 g/mol. The van der Waals surface area contributed by atoms with E-state index in [-0.39, 0.29) is 24.2 Å². The van der Waals surface area contributed by atoms with Crippen molar-refractivity contribution in [1.29, 1.82) is 0 Å². The van der Waals surface area contributed by atoms with E-state index in [0.717, 1.165) is 4.90 Å². The Morgan fingerprint density at radius 1 is 1.00 bits per heavy atom. The van der Waals surface area contributed by atoms with E-state index in [1.54, 1.807) is 48.5 Å². The fraction of sp³-hybridized carbons (Fsp3) is 0.125. The second kappa shape index (κ2) is 9.62. The van der Waals surface area contributed by atoms with Crippen molar-refractivity contribution in [3.8, 4) is 0 Å². The number of nitro benzene ring substituents is 1. The molecule has 0 saturated carbocycles. The Bertz CT molecular complexity index is 1280. The van der Waals surface area contributed by atoms with Crippen molar-refractivity contribution < 1.29 is 19.3 Å². The molecular formula is C24H17Cl2N3O5. The van der Waals surface area contributed by atoms with E-state index in [9.17, 15) is 24.5 Å². The van der Waals surface area contributed by atoms with Crippen LogP contribution in [0.1, 0.15) is 22.3 Å². The summed E-state index contributed by atoms with van der Waals surface area (Å²) in [5.74, 6) is -1.58. The van der Waals surface area contributed by atoms with Crippen LogP contribution in [0.3, 0.4) is 0 Å². The molecule has 0 aliphatic carbocycles. The lowest BCUT2D eigenvalue weighted by atomic mass is 10.1. The largest absolute Gasteiger partial charge is 0.322 e. The molecule has 172 valence electrons. The molecule has 0 spiro atoms. The number of rotatable bonds is 6. The van der Waals surface area contributed by atoms with Crippen LogP contribution in [0.4, 0.5) is 11.4 Å². The van der Waals surface area contributed by atoms with Gasteiger partial charge < -0.3 is 4.90 Å². The molecule has 1 atom stereocenters. The van der Waals surface area contributed by atoms with Crippen LogP contribution in [0.15, 0.2) is 72.8 Å². The van der Waals surface area contributed by atoms with E-state index in [1.807, 2.05) is 0 Å². The number of halogens is 2. The van der Waals surface area contributed by atoms with Gasteiger partial charge in [-0.25, -0.2) is 4.90 Å². The minimum Gasteiger partial charge on any atom is -0.322 e. The summed E-state index contributed by atoms with van der Waals surface area (Å²) in [6.45, 7) is -0.0341. The number of hydrogen-bond acceptors (Lipinski definition) is 5. The first-order valence-electron chi connectivity index (χ1n) is 10.2. The Hall–Kier alpha value is -3.75. The number of carbonyl (C=O) groups is 3. The maximum absolute atomic E-state index is 13.5. The Balaban J connectivity index is 1.70. The molecule has 1 saturated heterocycles. The second-order valence-electron chi connectivity index (χ2n) is 7.59. The average Bonchev–Trinajstić information content (AvgIpc) is 3.12. The van der Waals surface area contributed by atoms with Crippen molar-refractivity contribution in [2.45, 2.75) is 19.0 Å². The standard InChI is InChI=1S/C24H17Cl2N3O5/c25-17-7-11-18(12-8-17)28-22(30)13-21(24(28)32)27(14-16-3-1-2-4-20(16)26)23(31)15-5-9-19(10-6-15)29(33)34/h1-12,21H,13-14H2. The molecule has 8 nitrogen and oxygen atoms in total. The van der Waals surface area contributed by atoms with Gasteiger partial charge in [0.15, 0.2) is 0 Å². The van der Waals surface area contributed by atoms with E-state index in [2.05, 4.69) is 0 Å². The van der Waals surface area contributed by atoms with Gasteiger partial charge in [0, 0.05) is 34.3 Å². The van der Waals surface area contributed by atoms with Crippen molar-refractivity contribution in [2.24, 2.45) is 0 Å². The van der Waals surface area contributed by atoms with Crippen LogP contribution in [0, 0.1) is 10.1 Å². The third kappa shape index (κ3) is 4.64. The van der Waals surface area contributed by atoms with Crippen LogP contribution in [-0.2, 0) is 16.1 Å². The molecule has 1 fully saturated rings. The zero-order chi connectivity index (χ0) is 24.4. The monoisotopic (exact) mass is 497 g/mol. The third-order valence-electron chi connectivity index (χ3n) is 5.47. The molecule has 3 amide bonds. The number of nitro groups is 1. The molecule has 1 aliphatic rings. The Morgan fingerprint density at radius 2 is 1.65 bits per heavy atom. The Labute approximate surface area is 204 Å². The maximum Gasteiger partial charge on any atom is 0.269 e. The van der Waals surface area contributed by atoms with Crippen LogP contribution in [0.5, 0.6) is 0 Å². The molecule has 0 radical (unpaired) electrons. The first-order chi connectivity index (χ1) is 16.3. The molecule has 3 aromatic carbocycles. The molecule has 1 unspecified atom stereocenters. The maximum atomic E-state index is 13.5. The summed E-state index contributed by atoms with van der Waals surface area (Å²) in [5, 5.41) is 11.8. The van der Waals surface area contributed by atoms with Gasteiger partial charge in [0.25, 0.3) is 17.5 Å². The first-order valence-corrected chi connectivity index (χ1v) is 10.9. The van der Waals surface area contributed by atoms with Crippen molar-refractivity contribution in [2.75, 3.05) is 4.90 Å². The fourth-order valence-electron chi connectivity index (χ4n) is 3.75. The normalized spacial score (nSPS) is 15.5. The molecule has 34 heavy (non-hydrogen) atoms. The summed E-state index contributed by atoms with van der Waals surface area (Å²) >= 11 is 12.2. The molecule has 3 aromatic rings. The van der Waals surface area contributed by atoms with Crippen LogP contribution in [-0.4, -0.2) is 33.6 Å². The van der Waals surface area contributed by atoms with E-state index in [1.165, 1.54) is 29.2 Å². The van der Waals surface area contributed by atoms with Crippen molar-refractivity contribution in [3.63, 3.8) is 0 Å². The minimum absolute atomic E-state index is 0.0341. The molecular weight excluding hydrogens is 481 g/mol. The van der Waals surface area contributed by atoms with E-state index < -0.39 is 28.7 Å². The molecule has 0 N–H and O–H groups in total. The number of benzene rings is 3. The first kappa shape index (κ1) is 23.4. The van der Waals surface area contributed by atoms with Crippen LogP contribution < -0.4 is 4.90 Å². The van der Waals surface area contributed by atoms with Crippen molar-refractivity contribution in [1.82, 2.24) is 4.90 Å². The summed E-state index contributed by atoms with van der Waals surface area (Å²) in [4.78, 5) is 52.4. The zero-order valence-corrected chi connectivity index (χ0v) is 19.1. The fourth-order valence-corrected chi connectivity index (χ4v) is 4.07. The van der Waals surface area contributed by atoms with Gasteiger partial charge in [-0.05, 0) is 48.0 Å². The number of non-ortho nitro benzene ring substituents is 1. The molecule has 1 aliphatic heterocycles. The zero-order valence-electron chi connectivity index (χ0n) is 17.6. The summed E-state index contributed by atoms with van der Waals surface area (Å²) in [7, 11) is 0. The highest BCUT2D eigenvalue weighted by atomic mass is 35.5. The van der Waals surface area contributed by atoms with Crippen LogP contribution >= 0.6 is 23.2 Å². The molecule has 4 rings (SSSR count). The number of carbonyl (C=O) groups excluding carboxylic acids is 3. The third-order valence-corrected chi connectivity index (χ3v) is 6.09. The second-order valence-corrected chi connectivity index (χ2v) is 8.44. The highest BCUT2D eigenvalue weighted by Crippen LogP contribution is 2.30. The van der Waals surface area contributed by atoms with Crippen LogP contribution in [0.2, 0.25) is 10.0 Å². The number of anilines is 1. The summed E-state index contributed by atoms with van der Waals surface area (Å²) in [6.07, 6.45) is -0.218. The number of hydrogen-bond donors (Lipinski definition) is 0. The number of imide groups is 1. The van der Waals surface area contributed by atoms with E-state index in [0.29, 0.717) is 21.3 Å². The lowest BCUT2D eigenvalue weighted by Gasteiger charge is -2.28. The van der Waals surface area contributed by atoms with Gasteiger partial charge in [-0.3, -0.25) is 24.5 Å². The highest BCUT2D eigenvalue weighted by molar-refractivity contribution is 6.31. The molecule has 1 heterocycles. The van der Waals surface area contributed by atoms with Gasteiger partial charge in [-0.15, -0.1) is 0 Å². The Morgan fingerprint density at radius 3 is 2.26 bits per heavy atom. The van der Waals surface area contributed by atoms with Crippen molar-refractivity contribution >= 4 is 52.3 Å². The van der Waals surface area contributed by atoms with Gasteiger partial charge in [0.2, 0.25) is 5.91 Å². The lowest BCUT2D eigenvalue weighted by Crippen LogP contribution is -2.45. The van der Waals surface area contributed by atoms with Gasteiger partial charge >= 0.3 is 0 Å². The predicted octanol–water partition coefficient (Wildman–Crippen LogP) is 4.88. The minimum atomic E-state index is -1.08. The summed E-state index contributed by atoms with van der Waals surface area (Å²) in [5.41, 5.74) is 0.907. The molecule has 0 aromatic heterocycles. The smallest absolute Gasteiger partial charge is 0.269 e. The Kier molecular flexibility index (Phi) is 6.63. The summed E-state index contributed by atoms with van der Waals surface area (Å²) in [6, 6.07) is 17.1. The van der Waals surface area contributed by atoms with Gasteiger partial charge in [0.1, 0.15) is 6.04 Å². The lowest BCUT2D eigenvalue weighted by molar-refractivity contribution is -0.384. The topological polar surface area (TPSA) is 101 Å². The predicted molar refractivity (Wildman–Crippen MR) is 127 cm³/mol. The quantitative estimate of drug-likeness (QED) is 0.274. The van der Waals surface area contributed by atoms with Gasteiger partial charge in [0.05, 0.1) is 17.0 Å². The highest BCUT2D eigenvalue weighted by Gasteiger charge is 2.44. The molecule has 0 bridgehead atoms. The van der Waals surface area contributed by atoms with E-state index in [4.69, 9.17) is 23.2 Å². The van der Waals surface area contributed by atoms with Crippen LogP contribution in [0.25, 0.3) is 0 Å². The summed E-state index contributed by atoms with van der Waals surface area (Å²) < 4.78 is 0.